The molecule has 0 bridgehead atoms. The van der Waals surface area contributed by atoms with Crippen LogP contribution in [0.3, 0.4) is 0 Å². The van der Waals surface area contributed by atoms with Gasteiger partial charge in [-0.15, -0.1) is 6.58 Å². The predicted octanol–water partition coefficient (Wildman–Crippen LogP) is 4.15. The van der Waals surface area contributed by atoms with Crippen LogP contribution in [0.1, 0.15) is 22.8 Å². The minimum atomic E-state index is -1.51. The van der Waals surface area contributed by atoms with Crippen LogP contribution in [0.2, 0.25) is 0 Å². The van der Waals surface area contributed by atoms with Crippen molar-refractivity contribution in [3.63, 3.8) is 0 Å². The number of β-lactam (4-membered cyclic amide) rings is 1. The monoisotopic (exact) mass is 586 g/mol. The molecule has 2 aliphatic heterocycles. The van der Waals surface area contributed by atoms with Crippen LogP contribution in [0.4, 0.5) is 0 Å². The number of hydrogen-bond donors (Lipinski definition) is 1. The molecule has 41 heavy (non-hydrogen) atoms. The van der Waals surface area contributed by atoms with E-state index in [-0.39, 0.29) is 23.8 Å². The Balaban J connectivity index is 1.42. The predicted molar refractivity (Wildman–Crippen MR) is 161 cm³/mol. The van der Waals surface area contributed by atoms with Crippen molar-refractivity contribution in [1.82, 2.24) is 10.2 Å². The fourth-order valence-electron chi connectivity index (χ4n) is 4.97. The number of carbonyl (C=O) groups excluding carboxylic acids is 3. The molecule has 1 N–H and O–H groups in total. The highest BCUT2D eigenvalue weighted by molar-refractivity contribution is 7.99. The van der Waals surface area contributed by atoms with Gasteiger partial charge in [0.2, 0.25) is 5.91 Å². The topological polar surface area (TPSA) is 92.8 Å². The van der Waals surface area contributed by atoms with Crippen molar-refractivity contribution < 1.29 is 23.3 Å². The smallest absolute Gasteiger partial charge is 0.356 e. The summed E-state index contributed by atoms with van der Waals surface area (Å²) in [5, 5.41) is 1.90. The van der Waals surface area contributed by atoms with Gasteiger partial charge in [0.15, 0.2) is 6.10 Å². The molecule has 7 nitrogen and oxygen atoms in total. The van der Waals surface area contributed by atoms with Gasteiger partial charge in [-0.3, -0.25) is 18.7 Å². The molecule has 1 saturated heterocycles. The maximum Gasteiger partial charge on any atom is 0.356 e. The Hall–Kier alpha value is -3.95. The summed E-state index contributed by atoms with van der Waals surface area (Å²) in [5.41, 5.74) is 3.07. The summed E-state index contributed by atoms with van der Waals surface area (Å²) in [7, 11) is -1.51. The molecule has 0 spiro atoms. The molecule has 9 heteroatoms. The molecular weight excluding hydrogens is 556 g/mol. The summed E-state index contributed by atoms with van der Waals surface area (Å²) >= 11 is 1.51. The average molecular weight is 587 g/mol. The van der Waals surface area contributed by atoms with E-state index in [1.807, 2.05) is 91.0 Å². The van der Waals surface area contributed by atoms with Gasteiger partial charge >= 0.3 is 5.97 Å². The van der Waals surface area contributed by atoms with E-state index in [1.54, 1.807) is 6.08 Å². The summed E-state index contributed by atoms with van der Waals surface area (Å²) in [4.78, 5) is 41.4. The maximum atomic E-state index is 13.9. The molecule has 2 heterocycles. The Kier molecular flexibility index (Phi) is 9.16. The molecule has 210 valence electrons. The van der Waals surface area contributed by atoms with Crippen molar-refractivity contribution in [3.8, 4) is 0 Å². The number of hydrogen-bond acceptors (Lipinski definition) is 6. The van der Waals surface area contributed by atoms with Gasteiger partial charge in [0.25, 0.3) is 5.91 Å². The average Bonchev–Trinajstić information content (AvgIpc) is 3.00. The highest BCUT2D eigenvalue weighted by atomic mass is 32.2. The van der Waals surface area contributed by atoms with Crippen molar-refractivity contribution >= 4 is 40.3 Å². The summed E-state index contributed by atoms with van der Waals surface area (Å²) in [6, 6.07) is 27.0. The summed E-state index contributed by atoms with van der Waals surface area (Å²) < 4.78 is 19.5. The van der Waals surface area contributed by atoms with E-state index in [9.17, 15) is 18.6 Å². The lowest BCUT2D eigenvalue weighted by molar-refractivity contribution is -0.154. The van der Waals surface area contributed by atoms with Crippen molar-refractivity contribution in [2.24, 2.45) is 0 Å². The van der Waals surface area contributed by atoms with E-state index in [1.165, 1.54) is 16.7 Å². The first-order valence-electron chi connectivity index (χ1n) is 13.2. The normalized spacial score (nSPS) is 19.8. The number of ether oxygens (including phenoxy) is 1. The van der Waals surface area contributed by atoms with E-state index in [4.69, 9.17) is 4.74 Å². The Bertz CT molecular complexity index is 1440. The zero-order valence-electron chi connectivity index (χ0n) is 22.3. The van der Waals surface area contributed by atoms with Crippen LogP contribution in [-0.2, 0) is 36.3 Å². The molecule has 3 aromatic carbocycles. The molecule has 2 amide bonds. The number of esters is 1. The molecule has 0 radical (unpaired) electrons. The Morgan fingerprint density at radius 3 is 2.17 bits per heavy atom. The van der Waals surface area contributed by atoms with Crippen molar-refractivity contribution in [1.29, 1.82) is 0 Å². The van der Waals surface area contributed by atoms with Crippen LogP contribution in [0.5, 0.6) is 0 Å². The summed E-state index contributed by atoms with van der Waals surface area (Å²) in [6.07, 6.45) is 1.14. The molecular formula is C32H30N2O5S2. The quantitative estimate of drug-likeness (QED) is 0.157. The van der Waals surface area contributed by atoms with Gasteiger partial charge in [0.05, 0.1) is 23.0 Å². The number of amides is 2. The number of nitrogens with zero attached hydrogens (tertiary/aromatic N) is 1. The van der Waals surface area contributed by atoms with Gasteiger partial charge in [-0.05, 0) is 22.3 Å². The van der Waals surface area contributed by atoms with Gasteiger partial charge in [0, 0.05) is 11.5 Å². The lowest BCUT2D eigenvalue weighted by Crippen LogP contribution is -2.73. The highest BCUT2D eigenvalue weighted by Gasteiger charge is 2.57. The SMILES string of the molecule is C=CCSCC1=C(C(=O)OC(c2ccccc2)c2ccccc2)N2C(=O)C(NC(=O)Cc3ccccc3)[C@@H]2S(=O)C1. The van der Waals surface area contributed by atoms with E-state index < -0.39 is 40.2 Å². The first-order valence-corrected chi connectivity index (χ1v) is 15.8. The van der Waals surface area contributed by atoms with Crippen LogP contribution in [0.25, 0.3) is 0 Å². The third kappa shape index (κ3) is 6.36. The second-order valence-corrected chi connectivity index (χ2v) is 12.3. The maximum absolute atomic E-state index is 13.9. The molecule has 2 aliphatic rings. The van der Waals surface area contributed by atoms with Crippen molar-refractivity contribution in [3.05, 3.63) is 132 Å². The molecule has 3 atom stereocenters. The number of nitrogens with one attached hydrogen (secondary N) is 1. The standard InChI is InChI=1S/C32H30N2O5S2/c1-2-18-40-20-25-21-41(38)31-27(33-26(35)19-22-12-6-3-7-13-22)30(36)34(31)28(25)32(37)39-29(23-14-8-4-9-15-23)24-16-10-5-11-17-24/h2-17,27,29,31H,1,18-21H2,(H,33,35)/t27?,31-,41?/m0/s1. The van der Waals surface area contributed by atoms with Gasteiger partial charge < -0.3 is 10.1 Å². The summed E-state index contributed by atoms with van der Waals surface area (Å²) in [6.45, 7) is 3.74. The molecule has 2 unspecified atom stereocenters. The molecule has 1 fully saturated rings. The van der Waals surface area contributed by atoms with E-state index in [0.29, 0.717) is 17.1 Å². The molecule has 0 saturated carbocycles. The fourth-order valence-corrected chi connectivity index (χ4v) is 7.56. The number of benzene rings is 3. The van der Waals surface area contributed by atoms with Crippen LogP contribution in [0, 0.1) is 0 Å². The van der Waals surface area contributed by atoms with E-state index in [2.05, 4.69) is 11.9 Å². The molecule has 0 aromatic heterocycles. The largest absolute Gasteiger partial charge is 0.448 e. The van der Waals surface area contributed by atoms with Gasteiger partial charge in [-0.2, -0.15) is 11.8 Å². The third-order valence-electron chi connectivity index (χ3n) is 6.86. The first kappa shape index (κ1) is 28.6. The van der Waals surface area contributed by atoms with Crippen LogP contribution >= 0.6 is 11.8 Å². The van der Waals surface area contributed by atoms with Crippen LogP contribution < -0.4 is 5.32 Å². The van der Waals surface area contributed by atoms with E-state index in [0.717, 1.165) is 16.7 Å². The Morgan fingerprint density at radius 2 is 1.59 bits per heavy atom. The number of rotatable bonds is 11. The zero-order chi connectivity index (χ0) is 28.8. The third-order valence-corrected chi connectivity index (χ3v) is 9.54. The zero-order valence-corrected chi connectivity index (χ0v) is 23.9. The second kappa shape index (κ2) is 13.1. The first-order chi connectivity index (χ1) is 20.0. The van der Waals surface area contributed by atoms with Gasteiger partial charge in [-0.25, -0.2) is 4.79 Å². The number of fused-ring (bicyclic) bond motifs is 1. The van der Waals surface area contributed by atoms with Gasteiger partial charge in [0.1, 0.15) is 17.1 Å². The minimum absolute atomic E-state index is 0.0913. The van der Waals surface area contributed by atoms with Crippen molar-refractivity contribution in [2.45, 2.75) is 23.9 Å². The van der Waals surface area contributed by atoms with E-state index >= 15 is 0 Å². The summed E-state index contributed by atoms with van der Waals surface area (Å²) in [5.74, 6) is -0.356. The number of thioether (sulfide) groups is 1. The Morgan fingerprint density at radius 1 is 1.00 bits per heavy atom. The molecule has 5 rings (SSSR count). The second-order valence-electron chi connectivity index (χ2n) is 9.69. The molecule has 0 aliphatic carbocycles. The lowest BCUT2D eigenvalue weighted by Gasteiger charge is -2.49. The fraction of sp³-hybridized carbons (Fsp3) is 0.219. The Labute approximate surface area is 246 Å². The van der Waals surface area contributed by atoms with Crippen LogP contribution in [-0.4, -0.2) is 55.6 Å². The highest BCUT2D eigenvalue weighted by Crippen LogP contribution is 2.38. The van der Waals surface area contributed by atoms with Gasteiger partial charge in [-0.1, -0.05) is 97.1 Å². The van der Waals surface area contributed by atoms with Crippen LogP contribution in [0.15, 0.2) is 115 Å². The number of carbonyl (C=O) groups is 3. The lowest BCUT2D eigenvalue weighted by atomic mass is 10.0. The molecule has 3 aromatic rings. The minimum Gasteiger partial charge on any atom is -0.448 e. The van der Waals surface area contributed by atoms with Crippen molar-refractivity contribution in [2.75, 3.05) is 17.3 Å².